The number of hydroxylamine groups is 2. The first-order chi connectivity index (χ1) is 12.6. The van der Waals surface area contributed by atoms with Crippen molar-refractivity contribution in [3.63, 3.8) is 0 Å². The van der Waals surface area contributed by atoms with Crippen molar-refractivity contribution < 1.29 is 28.7 Å². The van der Waals surface area contributed by atoms with E-state index in [1.165, 1.54) is 0 Å². The van der Waals surface area contributed by atoms with Gasteiger partial charge in [-0.1, -0.05) is 0 Å². The SMILES string of the molecule is CN=NCCOC(C)(C)CCOC(C)(C)CCC(=O)ON1C(=O)CCC1=O. The van der Waals surface area contributed by atoms with E-state index in [0.717, 1.165) is 0 Å². The molecule has 0 atom stereocenters. The van der Waals surface area contributed by atoms with E-state index in [9.17, 15) is 14.4 Å². The number of imide groups is 1. The maximum atomic E-state index is 11.9. The van der Waals surface area contributed by atoms with Gasteiger partial charge in [-0.25, -0.2) is 4.79 Å². The summed E-state index contributed by atoms with van der Waals surface area (Å²) in [6, 6.07) is 0. The van der Waals surface area contributed by atoms with E-state index in [2.05, 4.69) is 10.2 Å². The van der Waals surface area contributed by atoms with E-state index in [1.54, 1.807) is 7.05 Å². The molecule has 0 aromatic carbocycles. The fraction of sp³-hybridized carbons (Fsp3) is 0.833. The highest BCUT2D eigenvalue weighted by atomic mass is 16.7. The number of nitrogens with zero attached hydrogens (tertiary/aromatic N) is 3. The molecule has 0 unspecified atom stereocenters. The third kappa shape index (κ3) is 9.05. The second-order valence-corrected chi connectivity index (χ2v) is 7.58. The first-order valence-corrected chi connectivity index (χ1v) is 9.16. The lowest BCUT2D eigenvalue weighted by molar-refractivity contribution is -0.198. The van der Waals surface area contributed by atoms with Crippen molar-refractivity contribution in [3.05, 3.63) is 0 Å². The fourth-order valence-electron chi connectivity index (χ4n) is 2.39. The van der Waals surface area contributed by atoms with Gasteiger partial charge in [-0.2, -0.15) is 10.2 Å². The van der Waals surface area contributed by atoms with Crippen LogP contribution < -0.4 is 0 Å². The van der Waals surface area contributed by atoms with Gasteiger partial charge in [-0.15, -0.1) is 5.06 Å². The van der Waals surface area contributed by atoms with Crippen molar-refractivity contribution in [2.75, 3.05) is 26.8 Å². The molecule has 0 aromatic rings. The van der Waals surface area contributed by atoms with Crippen LogP contribution in [-0.4, -0.2) is 60.9 Å². The molecule has 1 aliphatic heterocycles. The molecule has 1 fully saturated rings. The lowest BCUT2D eigenvalue weighted by Crippen LogP contribution is -2.34. The minimum Gasteiger partial charge on any atom is -0.375 e. The van der Waals surface area contributed by atoms with E-state index >= 15 is 0 Å². The van der Waals surface area contributed by atoms with Gasteiger partial charge in [0.1, 0.15) is 0 Å². The molecule has 1 rings (SSSR count). The molecular weight excluding hydrogens is 354 g/mol. The van der Waals surface area contributed by atoms with Crippen LogP contribution in [0.15, 0.2) is 10.2 Å². The van der Waals surface area contributed by atoms with Gasteiger partial charge in [-0.3, -0.25) is 9.59 Å². The van der Waals surface area contributed by atoms with Crippen molar-refractivity contribution in [2.45, 2.75) is 71.0 Å². The van der Waals surface area contributed by atoms with Crippen molar-refractivity contribution in [1.82, 2.24) is 5.06 Å². The van der Waals surface area contributed by atoms with Gasteiger partial charge < -0.3 is 14.3 Å². The van der Waals surface area contributed by atoms with Crippen LogP contribution in [0.1, 0.15) is 59.8 Å². The Hall–Kier alpha value is -1.87. The molecule has 0 saturated carbocycles. The second-order valence-electron chi connectivity index (χ2n) is 7.58. The van der Waals surface area contributed by atoms with E-state index in [1.807, 2.05) is 27.7 Å². The van der Waals surface area contributed by atoms with Crippen LogP contribution in [0.25, 0.3) is 0 Å². The summed E-state index contributed by atoms with van der Waals surface area (Å²) in [6.45, 7) is 9.20. The lowest BCUT2D eigenvalue weighted by atomic mass is 10.0. The average Bonchev–Trinajstić information content (AvgIpc) is 2.89. The Bertz CT molecular complexity index is 543. The molecule has 9 heteroatoms. The number of amides is 2. The maximum absolute atomic E-state index is 11.9. The smallest absolute Gasteiger partial charge is 0.333 e. The largest absolute Gasteiger partial charge is 0.375 e. The standard InChI is InChI=1S/C18H31N3O6/c1-17(2,25-12-10-18(3,4)26-13-11-20-19-5)9-8-16(24)27-21-14(22)6-7-15(21)23/h6-13H2,1-5H3. The summed E-state index contributed by atoms with van der Waals surface area (Å²) >= 11 is 0. The minimum absolute atomic E-state index is 0.0476. The molecule has 1 aliphatic rings. The zero-order chi connectivity index (χ0) is 20.5. The van der Waals surface area contributed by atoms with E-state index < -0.39 is 23.4 Å². The molecule has 0 radical (unpaired) electrons. The Balaban J connectivity index is 2.29. The number of ether oxygens (including phenoxy) is 2. The van der Waals surface area contributed by atoms with Gasteiger partial charge >= 0.3 is 5.97 Å². The number of azo groups is 1. The summed E-state index contributed by atoms with van der Waals surface area (Å²) in [6.07, 6.45) is 1.30. The highest BCUT2D eigenvalue weighted by Crippen LogP contribution is 2.21. The fourth-order valence-corrected chi connectivity index (χ4v) is 2.39. The number of carbonyl (C=O) groups excluding carboxylic acids is 3. The van der Waals surface area contributed by atoms with Crippen LogP contribution in [0.4, 0.5) is 0 Å². The van der Waals surface area contributed by atoms with Crippen LogP contribution in [0.2, 0.25) is 0 Å². The van der Waals surface area contributed by atoms with Gasteiger partial charge in [0.25, 0.3) is 11.8 Å². The summed E-state index contributed by atoms with van der Waals surface area (Å²) in [7, 11) is 1.62. The van der Waals surface area contributed by atoms with Crippen LogP contribution >= 0.6 is 0 Å². The number of hydrogen-bond acceptors (Lipinski definition) is 8. The molecule has 27 heavy (non-hydrogen) atoms. The quantitative estimate of drug-likeness (QED) is 0.290. The van der Waals surface area contributed by atoms with Crippen molar-refractivity contribution >= 4 is 17.8 Å². The summed E-state index contributed by atoms with van der Waals surface area (Å²) in [5, 5.41) is 8.09. The Morgan fingerprint density at radius 1 is 1.00 bits per heavy atom. The molecule has 0 spiro atoms. The lowest BCUT2D eigenvalue weighted by Gasteiger charge is -2.29. The molecule has 2 amide bonds. The van der Waals surface area contributed by atoms with Gasteiger partial charge in [0.05, 0.1) is 37.4 Å². The zero-order valence-corrected chi connectivity index (χ0v) is 16.9. The van der Waals surface area contributed by atoms with Gasteiger partial charge in [0.15, 0.2) is 0 Å². The van der Waals surface area contributed by atoms with Crippen LogP contribution in [0, 0.1) is 0 Å². The predicted octanol–water partition coefficient (Wildman–Crippen LogP) is 2.44. The molecule has 9 nitrogen and oxygen atoms in total. The normalized spacial score (nSPS) is 15.8. The molecule has 1 heterocycles. The van der Waals surface area contributed by atoms with E-state index in [-0.39, 0.29) is 24.9 Å². The first-order valence-electron chi connectivity index (χ1n) is 9.16. The third-order valence-electron chi connectivity index (χ3n) is 4.15. The Morgan fingerprint density at radius 2 is 1.56 bits per heavy atom. The monoisotopic (exact) mass is 385 g/mol. The van der Waals surface area contributed by atoms with E-state index in [4.69, 9.17) is 14.3 Å². The van der Waals surface area contributed by atoms with E-state index in [0.29, 0.717) is 37.7 Å². The molecule has 0 N–H and O–H groups in total. The van der Waals surface area contributed by atoms with Crippen molar-refractivity contribution in [3.8, 4) is 0 Å². The zero-order valence-electron chi connectivity index (χ0n) is 16.9. The summed E-state index contributed by atoms with van der Waals surface area (Å²) in [4.78, 5) is 39.6. The Labute approximate surface area is 160 Å². The van der Waals surface area contributed by atoms with Crippen LogP contribution in [0.5, 0.6) is 0 Å². The highest BCUT2D eigenvalue weighted by Gasteiger charge is 2.33. The van der Waals surface area contributed by atoms with Crippen LogP contribution in [-0.2, 0) is 28.7 Å². The summed E-state index contributed by atoms with van der Waals surface area (Å²) < 4.78 is 11.6. The molecule has 1 saturated heterocycles. The first kappa shape index (κ1) is 23.2. The Kier molecular flexibility index (Phi) is 8.98. The Morgan fingerprint density at radius 3 is 2.15 bits per heavy atom. The van der Waals surface area contributed by atoms with Crippen LogP contribution in [0.3, 0.4) is 0 Å². The predicted molar refractivity (Wildman–Crippen MR) is 96.7 cm³/mol. The summed E-state index contributed by atoms with van der Waals surface area (Å²) in [5.74, 6) is -1.58. The van der Waals surface area contributed by atoms with Gasteiger partial charge in [-0.05, 0) is 40.5 Å². The number of rotatable bonds is 12. The van der Waals surface area contributed by atoms with Gasteiger partial charge in [0.2, 0.25) is 0 Å². The van der Waals surface area contributed by atoms with Gasteiger partial charge in [0, 0.05) is 19.9 Å². The molecular formula is C18H31N3O6. The molecule has 0 bridgehead atoms. The van der Waals surface area contributed by atoms with Crippen molar-refractivity contribution in [2.24, 2.45) is 10.2 Å². The topological polar surface area (TPSA) is 107 Å². The number of carbonyl (C=O) groups is 3. The maximum Gasteiger partial charge on any atom is 0.333 e. The minimum atomic E-state index is -0.621. The third-order valence-corrected chi connectivity index (χ3v) is 4.15. The average molecular weight is 385 g/mol. The van der Waals surface area contributed by atoms with Crippen molar-refractivity contribution in [1.29, 1.82) is 0 Å². The molecule has 154 valence electrons. The number of hydrogen-bond donors (Lipinski definition) is 0. The second kappa shape index (κ2) is 10.5. The molecule has 0 aromatic heterocycles. The highest BCUT2D eigenvalue weighted by molar-refractivity contribution is 6.01. The summed E-state index contributed by atoms with van der Waals surface area (Å²) in [5.41, 5.74) is -0.903. The molecule has 0 aliphatic carbocycles.